The van der Waals surface area contributed by atoms with Gasteiger partial charge in [-0.3, -0.25) is 9.08 Å². The number of halogens is 3. The van der Waals surface area contributed by atoms with Crippen molar-refractivity contribution in [2.24, 2.45) is 4.36 Å². The van der Waals surface area contributed by atoms with Gasteiger partial charge in [-0.2, -0.15) is 4.98 Å². The van der Waals surface area contributed by atoms with Crippen molar-refractivity contribution in [3.63, 3.8) is 0 Å². The zero-order valence-electron chi connectivity index (χ0n) is 23.6. The van der Waals surface area contributed by atoms with Crippen molar-refractivity contribution in [2.45, 2.75) is 29.7 Å². The minimum Gasteiger partial charge on any atom is -0.450 e. The Morgan fingerprint density at radius 2 is 1.91 bits per heavy atom. The molecule has 1 amide bonds. The average Bonchev–Trinajstić information content (AvgIpc) is 2.99. The summed E-state index contributed by atoms with van der Waals surface area (Å²) < 4.78 is 63.8. The van der Waals surface area contributed by atoms with Crippen LogP contribution in [-0.4, -0.2) is 48.8 Å². The Labute approximate surface area is 270 Å². The normalized spacial score (nSPS) is 12.8. The van der Waals surface area contributed by atoms with Gasteiger partial charge >= 0.3 is 6.09 Å². The number of aliphatic hydroxyl groups is 1. The summed E-state index contributed by atoms with van der Waals surface area (Å²) >= 11 is 12.0. The lowest BCUT2D eigenvalue weighted by Crippen LogP contribution is -2.21. The second-order valence-electron chi connectivity index (χ2n) is 9.23. The molecule has 0 aliphatic carbocycles. The standard InChI is InChI=1S/C28H26Cl2FN6O6S2/c1-3-43-28(39)36-44(40)19-7-4-6-18(13-19)34-27-32-14-20(26(35-27)33-16(2)15-38)17-10-11-23(22(31)12-17)37-45(41,42)24-9-5-8-21(29)25(24)30/h4-14,16,37-38H,3,15H2,1-2H3,(H2,32,33,34,35)/q-1. The van der Waals surface area contributed by atoms with Crippen molar-refractivity contribution in [3.05, 3.63) is 82.7 Å². The SMILES string of the molecule is CCOC(=O)N=[S-](=O)c1cccc(Nc2ncc(-c3ccc(NS(=O)(=O)c4cccc(Cl)c4Cl)c(F)c3)c(NC(C)CO)n2)c1. The lowest BCUT2D eigenvalue weighted by atomic mass is 10.1. The first-order valence-corrected chi connectivity index (χ1v) is 16.4. The molecule has 1 aromatic heterocycles. The van der Waals surface area contributed by atoms with Crippen molar-refractivity contribution in [3.8, 4) is 11.1 Å². The number of amides is 1. The van der Waals surface area contributed by atoms with Gasteiger partial charge in [0.1, 0.15) is 16.5 Å². The minimum absolute atomic E-state index is 0.0256. The molecule has 1 unspecified atom stereocenters. The number of carbonyl (C=O) groups excluding carboxylic acids is 1. The Kier molecular flexibility index (Phi) is 11.2. The van der Waals surface area contributed by atoms with Crippen LogP contribution in [0, 0.1) is 5.82 Å². The molecule has 0 aliphatic heterocycles. The molecule has 0 saturated carbocycles. The van der Waals surface area contributed by atoms with Gasteiger partial charge < -0.3 is 24.7 Å². The number of nitrogens with one attached hydrogen (secondary N) is 3. The fourth-order valence-electron chi connectivity index (χ4n) is 3.78. The number of sulfonamides is 1. The van der Waals surface area contributed by atoms with Gasteiger partial charge in [-0.25, -0.2) is 22.6 Å². The summed E-state index contributed by atoms with van der Waals surface area (Å²) in [6.45, 7) is 3.15. The number of nitrogens with zero attached hydrogens (tertiary/aromatic N) is 3. The lowest BCUT2D eigenvalue weighted by molar-refractivity contribution is 0.164. The van der Waals surface area contributed by atoms with E-state index in [9.17, 15) is 22.5 Å². The first-order valence-electron chi connectivity index (χ1n) is 13.1. The monoisotopic (exact) mass is 695 g/mol. The summed E-state index contributed by atoms with van der Waals surface area (Å²) in [5, 5.41) is 15.5. The zero-order valence-corrected chi connectivity index (χ0v) is 26.8. The van der Waals surface area contributed by atoms with Crippen LogP contribution < -0.4 is 15.4 Å². The van der Waals surface area contributed by atoms with Gasteiger partial charge in [0.2, 0.25) is 5.95 Å². The van der Waals surface area contributed by atoms with E-state index in [0.29, 0.717) is 16.8 Å². The smallest absolute Gasteiger partial charge is 0.410 e. The highest BCUT2D eigenvalue weighted by atomic mass is 35.5. The molecule has 0 bridgehead atoms. The maximum Gasteiger partial charge on any atom is 0.410 e. The third-order valence-corrected chi connectivity index (χ3v) is 9.20. The Morgan fingerprint density at radius 1 is 1.16 bits per heavy atom. The highest BCUT2D eigenvalue weighted by Gasteiger charge is 2.22. The van der Waals surface area contributed by atoms with Crippen molar-refractivity contribution < 1.29 is 31.7 Å². The maximum atomic E-state index is 15.3. The summed E-state index contributed by atoms with van der Waals surface area (Å²) in [5.41, 5.74) is 0.735. The van der Waals surface area contributed by atoms with Gasteiger partial charge in [0, 0.05) is 23.5 Å². The molecule has 12 nitrogen and oxygen atoms in total. The molecular weight excluding hydrogens is 670 g/mol. The number of hydrogen-bond donors (Lipinski definition) is 4. The molecule has 1 atom stereocenters. The van der Waals surface area contributed by atoms with Gasteiger partial charge in [0.05, 0.1) is 28.9 Å². The van der Waals surface area contributed by atoms with E-state index in [2.05, 4.69) is 29.7 Å². The fraction of sp³-hybridized carbons (Fsp3) is 0.179. The first kappa shape index (κ1) is 33.9. The van der Waals surface area contributed by atoms with Gasteiger partial charge in [0.15, 0.2) is 0 Å². The van der Waals surface area contributed by atoms with E-state index >= 15 is 4.39 Å². The van der Waals surface area contributed by atoms with Crippen LogP contribution in [0.15, 0.2) is 81.0 Å². The largest absolute Gasteiger partial charge is 0.450 e. The number of aliphatic hydroxyl groups excluding tert-OH is 1. The van der Waals surface area contributed by atoms with Crippen LogP contribution in [0.1, 0.15) is 13.8 Å². The predicted molar refractivity (Wildman–Crippen MR) is 170 cm³/mol. The van der Waals surface area contributed by atoms with E-state index in [4.69, 9.17) is 27.9 Å². The molecule has 0 radical (unpaired) electrons. The predicted octanol–water partition coefficient (Wildman–Crippen LogP) is 6.59. The maximum absolute atomic E-state index is 15.3. The summed E-state index contributed by atoms with van der Waals surface area (Å²) in [6.07, 6.45) is 0.457. The molecule has 17 heteroatoms. The van der Waals surface area contributed by atoms with E-state index < -0.39 is 38.6 Å². The number of carbonyl (C=O) groups is 1. The van der Waals surface area contributed by atoms with Crippen LogP contribution in [0.5, 0.6) is 0 Å². The van der Waals surface area contributed by atoms with Crippen LogP contribution in [0.25, 0.3) is 11.1 Å². The summed E-state index contributed by atoms with van der Waals surface area (Å²) in [5.74, 6) is -0.569. The van der Waals surface area contributed by atoms with E-state index in [0.717, 1.165) is 6.07 Å². The molecule has 3 aromatic carbocycles. The third kappa shape index (κ3) is 8.58. The minimum atomic E-state index is -4.27. The molecule has 0 aliphatic rings. The summed E-state index contributed by atoms with van der Waals surface area (Å²) in [6, 6.07) is 13.7. The Balaban J connectivity index is 1.63. The van der Waals surface area contributed by atoms with Gasteiger partial charge in [-0.05, 0) is 49.7 Å². The highest BCUT2D eigenvalue weighted by molar-refractivity contribution is 7.92. The molecule has 45 heavy (non-hydrogen) atoms. The Bertz CT molecular complexity index is 1930. The number of rotatable bonds is 11. The molecule has 0 spiro atoms. The van der Waals surface area contributed by atoms with E-state index in [1.54, 1.807) is 26.0 Å². The second-order valence-corrected chi connectivity index (χ2v) is 12.8. The van der Waals surface area contributed by atoms with Crippen LogP contribution in [0.3, 0.4) is 0 Å². The van der Waals surface area contributed by atoms with Crippen LogP contribution in [0.4, 0.5) is 32.3 Å². The van der Waals surface area contributed by atoms with Crippen molar-refractivity contribution >= 4 is 73.1 Å². The molecule has 1 heterocycles. The number of aromatic nitrogens is 2. The molecule has 238 valence electrons. The van der Waals surface area contributed by atoms with Gasteiger partial charge in [-0.1, -0.05) is 58.4 Å². The fourth-order valence-corrected chi connectivity index (χ4v) is 6.33. The molecular formula is C28H26Cl2FN6O6S2-. The number of ether oxygens (including phenoxy) is 1. The Morgan fingerprint density at radius 3 is 2.62 bits per heavy atom. The number of benzene rings is 3. The van der Waals surface area contributed by atoms with Crippen molar-refractivity contribution in [1.82, 2.24) is 9.97 Å². The van der Waals surface area contributed by atoms with Crippen LogP contribution >= 0.6 is 23.2 Å². The van der Waals surface area contributed by atoms with Crippen molar-refractivity contribution in [2.75, 3.05) is 28.6 Å². The quantitative estimate of drug-likeness (QED) is 0.125. The first-order chi connectivity index (χ1) is 21.4. The zero-order chi connectivity index (χ0) is 32.7. The van der Waals surface area contributed by atoms with Crippen LogP contribution in [0.2, 0.25) is 10.0 Å². The highest BCUT2D eigenvalue weighted by Crippen LogP contribution is 2.33. The second kappa shape index (κ2) is 14.8. The summed E-state index contributed by atoms with van der Waals surface area (Å²) in [7, 11) is -6.28. The Hall–Kier alpha value is -4.02. The number of anilines is 4. The van der Waals surface area contributed by atoms with Gasteiger partial charge in [0.25, 0.3) is 10.0 Å². The van der Waals surface area contributed by atoms with Gasteiger partial charge in [-0.15, -0.1) is 10.6 Å². The molecule has 0 fully saturated rings. The van der Waals surface area contributed by atoms with E-state index in [1.165, 1.54) is 48.7 Å². The topological polar surface area (TPSA) is 172 Å². The lowest BCUT2D eigenvalue weighted by Gasteiger charge is -2.17. The van der Waals surface area contributed by atoms with E-state index in [-0.39, 0.29) is 50.5 Å². The molecule has 4 rings (SSSR count). The van der Waals surface area contributed by atoms with Crippen molar-refractivity contribution in [1.29, 1.82) is 0 Å². The number of hydrogen-bond acceptors (Lipinski definition) is 11. The van der Waals surface area contributed by atoms with E-state index in [1.807, 2.05) is 0 Å². The summed E-state index contributed by atoms with van der Waals surface area (Å²) in [4.78, 5) is 20.3. The third-order valence-electron chi connectivity index (χ3n) is 5.89. The molecule has 4 aromatic rings. The molecule has 0 saturated heterocycles. The average molecular weight is 697 g/mol. The van der Waals surface area contributed by atoms with Crippen LogP contribution in [-0.2, 0) is 29.6 Å². The molecule has 4 N–H and O–H groups in total.